The van der Waals surface area contributed by atoms with E-state index in [1.54, 1.807) is 6.92 Å². The molecule has 0 aliphatic carbocycles. The SMILES string of the molecule is CCc1c([N+](=O)[O-])ccc(N)c1C(=O)O. The first-order valence-electron chi connectivity index (χ1n) is 4.28. The highest BCUT2D eigenvalue weighted by atomic mass is 16.6. The molecule has 0 aliphatic heterocycles. The van der Waals surface area contributed by atoms with Crippen LogP contribution in [-0.4, -0.2) is 16.0 Å². The van der Waals surface area contributed by atoms with Gasteiger partial charge in [-0.3, -0.25) is 10.1 Å². The van der Waals surface area contributed by atoms with Gasteiger partial charge in [0, 0.05) is 17.3 Å². The van der Waals surface area contributed by atoms with Crippen LogP contribution in [0, 0.1) is 10.1 Å². The van der Waals surface area contributed by atoms with Crippen molar-refractivity contribution in [2.24, 2.45) is 0 Å². The van der Waals surface area contributed by atoms with Gasteiger partial charge in [0.2, 0.25) is 0 Å². The van der Waals surface area contributed by atoms with Crippen LogP contribution in [-0.2, 0) is 6.42 Å². The molecular formula is C9H10N2O4. The monoisotopic (exact) mass is 210 g/mol. The van der Waals surface area contributed by atoms with Gasteiger partial charge in [0.1, 0.15) is 0 Å². The minimum atomic E-state index is -1.24. The lowest BCUT2D eigenvalue weighted by atomic mass is 10.0. The topological polar surface area (TPSA) is 106 Å². The molecule has 3 N–H and O–H groups in total. The van der Waals surface area contributed by atoms with Crippen molar-refractivity contribution in [1.29, 1.82) is 0 Å². The predicted molar refractivity (Wildman–Crippen MR) is 53.8 cm³/mol. The Balaban J connectivity index is 3.54. The van der Waals surface area contributed by atoms with E-state index in [-0.39, 0.29) is 28.9 Å². The maximum Gasteiger partial charge on any atom is 0.338 e. The van der Waals surface area contributed by atoms with Crippen molar-refractivity contribution in [2.45, 2.75) is 13.3 Å². The Bertz CT molecular complexity index is 428. The van der Waals surface area contributed by atoms with Crippen LogP contribution in [0.3, 0.4) is 0 Å². The van der Waals surface area contributed by atoms with Crippen LogP contribution >= 0.6 is 0 Å². The molecule has 0 aromatic heterocycles. The molecule has 80 valence electrons. The van der Waals surface area contributed by atoms with Gasteiger partial charge in [-0.1, -0.05) is 6.92 Å². The zero-order valence-electron chi connectivity index (χ0n) is 8.06. The lowest BCUT2D eigenvalue weighted by molar-refractivity contribution is -0.385. The highest BCUT2D eigenvalue weighted by Crippen LogP contribution is 2.27. The molecule has 0 bridgehead atoms. The number of hydrogen-bond donors (Lipinski definition) is 2. The summed E-state index contributed by atoms with van der Waals surface area (Å²) in [6.07, 6.45) is 0.253. The summed E-state index contributed by atoms with van der Waals surface area (Å²) in [6.45, 7) is 1.65. The third-order valence-corrected chi connectivity index (χ3v) is 2.08. The molecule has 0 saturated heterocycles. The number of aromatic carboxylic acids is 1. The molecule has 0 amide bonds. The number of nitro groups is 1. The van der Waals surface area contributed by atoms with Gasteiger partial charge in [-0.05, 0) is 12.5 Å². The van der Waals surface area contributed by atoms with E-state index < -0.39 is 10.9 Å². The van der Waals surface area contributed by atoms with Crippen LogP contribution in [0.4, 0.5) is 11.4 Å². The van der Waals surface area contributed by atoms with E-state index in [1.807, 2.05) is 0 Å². The maximum atomic E-state index is 10.9. The number of carboxylic acids is 1. The molecule has 6 heteroatoms. The summed E-state index contributed by atoms with van der Waals surface area (Å²) >= 11 is 0. The molecule has 0 atom stereocenters. The van der Waals surface area contributed by atoms with Crippen molar-refractivity contribution in [1.82, 2.24) is 0 Å². The van der Waals surface area contributed by atoms with Crippen molar-refractivity contribution in [2.75, 3.05) is 5.73 Å². The number of carboxylic acid groups (broad SMARTS) is 1. The third-order valence-electron chi connectivity index (χ3n) is 2.08. The number of benzene rings is 1. The average Bonchev–Trinajstić information content (AvgIpc) is 2.15. The first-order valence-corrected chi connectivity index (χ1v) is 4.28. The van der Waals surface area contributed by atoms with Crippen LogP contribution in [0.1, 0.15) is 22.8 Å². The van der Waals surface area contributed by atoms with E-state index in [0.717, 1.165) is 0 Å². The van der Waals surface area contributed by atoms with Crippen molar-refractivity contribution in [3.8, 4) is 0 Å². The number of nitrogen functional groups attached to an aromatic ring is 1. The molecule has 15 heavy (non-hydrogen) atoms. The Labute approximate surface area is 85.5 Å². The zero-order chi connectivity index (χ0) is 11.6. The first kappa shape index (κ1) is 11.0. The highest BCUT2D eigenvalue weighted by molar-refractivity contribution is 5.96. The van der Waals surface area contributed by atoms with Gasteiger partial charge in [0.15, 0.2) is 0 Å². The molecule has 0 fully saturated rings. The summed E-state index contributed by atoms with van der Waals surface area (Å²) in [4.78, 5) is 20.9. The molecule has 0 unspecified atom stereocenters. The largest absolute Gasteiger partial charge is 0.478 e. The summed E-state index contributed by atoms with van der Waals surface area (Å²) in [5.74, 6) is -1.24. The molecule has 6 nitrogen and oxygen atoms in total. The standard InChI is InChI=1S/C9H10N2O4/c1-2-5-7(11(14)15)4-3-6(10)8(5)9(12)13/h3-4H,2,10H2,1H3,(H,12,13). The Kier molecular flexibility index (Phi) is 2.89. The zero-order valence-corrected chi connectivity index (χ0v) is 8.06. The molecule has 0 heterocycles. The van der Waals surface area contributed by atoms with Gasteiger partial charge in [-0.25, -0.2) is 4.79 Å². The molecule has 1 aromatic rings. The van der Waals surface area contributed by atoms with Crippen molar-refractivity contribution in [3.05, 3.63) is 33.4 Å². The normalized spacial score (nSPS) is 9.93. The second kappa shape index (κ2) is 3.95. The molecule has 1 rings (SSSR count). The first-order chi connectivity index (χ1) is 6.99. The summed E-state index contributed by atoms with van der Waals surface area (Å²) < 4.78 is 0. The Morgan fingerprint density at radius 2 is 2.20 bits per heavy atom. The minimum absolute atomic E-state index is 0.0463. The van der Waals surface area contributed by atoms with Crippen LogP contribution < -0.4 is 5.73 Å². The Morgan fingerprint density at radius 1 is 1.60 bits per heavy atom. The molecule has 0 saturated carbocycles. The second-order valence-corrected chi connectivity index (χ2v) is 2.94. The van der Waals surface area contributed by atoms with E-state index >= 15 is 0 Å². The molecule has 0 spiro atoms. The van der Waals surface area contributed by atoms with Gasteiger partial charge in [0.25, 0.3) is 5.69 Å². The number of nitrogens with zero attached hydrogens (tertiary/aromatic N) is 1. The van der Waals surface area contributed by atoms with Crippen LogP contribution in [0.25, 0.3) is 0 Å². The molecule has 0 radical (unpaired) electrons. The summed E-state index contributed by atoms with van der Waals surface area (Å²) in [7, 11) is 0. The number of nitrogens with two attached hydrogens (primary N) is 1. The molecule has 0 aliphatic rings. The summed E-state index contributed by atoms with van der Waals surface area (Å²) in [5.41, 5.74) is 5.29. The van der Waals surface area contributed by atoms with Crippen LogP contribution in [0.15, 0.2) is 12.1 Å². The molecule has 1 aromatic carbocycles. The fourth-order valence-electron chi connectivity index (χ4n) is 1.44. The fraction of sp³-hybridized carbons (Fsp3) is 0.222. The second-order valence-electron chi connectivity index (χ2n) is 2.94. The lowest BCUT2D eigenvalue weighted by Gasteiger charge is -2.07. The minimum Gasteiger partial charge on any atom is -0.478 e. The number of rotatable bonds is 3. The number of hydrogen-bond acceptors (Lipinski definition) is 4. The van der Waals surface area contributed by atoms with Crippen molar-refractivity contribution >= 4 is 17.3 Å². The predicted octanol–water partition coefficient (Wildman–Crippen LogP) is 1.44. The molecular weight excluding hydrogens is 200 g/mol. The average molecular weight is 210 g/mol. The van der Waals surface area contributed by atoms with Crippen molar-refractivity contribution < 1.29 is 14.8 Å². The third kappa shape index (κ3) is 1.88. The van der Waals surface area contributed by atoms with Crippen LogP contribution in [0.5, 0.6) is 0 Å². The van der Waals surface area contributed by atoms with Gasteiger partial charge in [0.05, 0.1) is 10.5 Å². The summed E-state index contributed by atoms with van der Waals surface area (Å²) in [6, 6.07) is 2.46. The highest BCUT2D eigenvalue weighted by Gasteiger charge is 2.22. The number of anilines is 1. The van der Waals surface area contributed by atoms with E-state index in [1.165, 1.54) is 12.1 Å². The van der Waals surface area contributed by atoms with E-state index in [0.29, 0.717) is 0 Å². The fourth-order valence-corrected chi connectivity index (χ4v) is 1.44. The van der Waals surface area contributed by atoms with Gasteiger partial charge in [-0.15, -0.1) is 0 Å². The Morgan fingerprint density at radius 3 is 2.60 bits per heavy atom. The smallest absolute Gasteiger partial charge is 0.338 e. The van der Waals surface area contributed by atoms with Gasteiger partial charge < -0.3 is 10.8 Å². The van der Waals surface area contributed by atoms with E-state index in [9.17, 15) is 14.9 Å². The van der Waals surface area contributed by atoms with Gasteiger partial charge >= 0.3 is 5.97 Å². The Hall–Kier alpha value is -2.11. The lowest BCUT2D eigenvalue weighted by Crippen LogP contribution is -2.09. The van der Waals surface area contributed by atoms with Crippen LogP contribution in [0.2, 0.25) is 0 Å². The quantitative estimate of drug-likeness (QED) is 0.446. The van der Waals surface area contributed by atoms with Crippen molar-refractivity contribution in [3.63, 3.8) is 0 Å². The van der Waals surface area contributed by atoms with E-state index in [2.05, 4.69) is 0 Å². The number of nitro benzene ring substituents is 1. The number of carbonyl (C=O) groups is 1. The maximum absolute atomic E-state index is 10.9. The van der Waals surface area contributed by atoms with Gasteiger partial charge in [-0.2, -0.15) is 0 Å². The van der Waals surface area contributed by atoms with E-state index in [4.69, 9.17) is 10.8 Å². The summed E-state index contributed by atoms with van der Waals surface area (Å²) in [5, 5.41) is 19.5.